The SMILES string of the molecule is FCCCCOc1cccc(F)c1F. The molecule has 0 N–H and O–H groups in total. The normalized spacial score (nSPS) is 10.2. The van der Waals surface area contributed by atoms with Crippen LogP contribution in [0.3, 0.4) is 0 Å². The molecule has 1 rings (SSSR count). The van der Waals surface area contributed by atoms with Gasteiger partial charge in [-0.05, 0) is 25.0 Å². The number of ether oxygens (including phenoxy) is 1. The van der Waals surface area contributed by atoms with E-state index in [9.17, 15) is 13.2 Å². The fourth-order valence-electron chi connectivity index (χ4n) is 0.974. The highest BCUT2D eigenvalue weighted by atomic mass is 19.2. The van der Waals surface area contributed by atoms with E-state index >= 15 is 0 Å². The van der Waals surface area contributed by atoms with Crippen molar-refractivity contribution in [3.63, 3.8) is 0 Å². The maximum absolute atomic E-state index is 12.9. The average Bonchev–Trinajstić information content (AvgIpc) is 2.19. The molecule has 0 aliphatic heterocycles. The third kappa shape index (κ3) is 2.94. The highest BCUT2D eigenvalue weighted by Crippen LogP contribution is 2.19. The molecule has 0 unspecified atom stereocenters. The van der Waals surface area contributed by atoms with E-state index in [-0.39, 0.29) is 12.4 Å². The fraction of sp³-hybridized carbons (Fsp3) is 0.400. The highest BCUT2D eigenvalue weighted by molar-refractivity contribution is 5.24. The van der Waals surface area contributed by atoms with Crippen LogP contribution in [0, 0.1) is 11.6 Å². The zero-order chi connectivity index (χ0) is 10.4. The third-order valence-corrected chi connectivity index (χ3v) is 1.70. The number of unbranched alkanes of at least 4 members (excludes halogenated alkanes) is 1. The smallest absolute Gasteiger partial charge is 0.200 e. The van der Waals surface area contributed by atoms with E-state index < -0.39 is 18.3 Å². The second-order valence-corrected chi connectivity index (χ2v) is 2.80. The monoisotopic (exact) mass is 204 g/mol. The molecule has 1 aromatic carbocycles. The molecule has 0 saturated heterocycles. The molecule has 0 aromatic heterocycles. The van der Waals surface area contributed by atoms with Crippen molar-refractivity contribution in [2.45, 2.75) is 12.8 Å². The molecular formula is C10H11F3O. The van der Waals surface area contributed by atoms with Gasteiger partial charge in [0.25, 0.3) is 0 Å². The Morgan fingerprint density at radius 1 is 1.14 bits per heavy atom. The molecule has 14 heavy (non-hydrogen) atoms. The van der Waals surface area contributed by atoms with Crippen molar-refractivity contribution in [2.75, 3.05) is 13.3 Å². The van der Waals surface area contributed by atoms with E-state index in [0.717, 1.165) is 6.07 Å². The first-order valence-corrected chi connectivity index (χ1v) is 4.38. The molecule has 0 spiro atoms. The minimum atomic E-state index is -0.993. The Bertz CT molecular complexity index is 289. The van der Waals surface area contributed by atoms with Crippen molar-refractivity contribution in [1.29, 1.82) is 0 Å². The number of hydrogen-bond acceptors (Lipinski definition) is 1. The molecule has 0 fully saturated rings. The van der Waals surface area contributed by atoms with Crippen molar-refractivity contribution >= 4 is 0 Å². The molecule has 0 saturated carbocycles. The lowest BCUT2D eigenvalue weighted by Gasteiger charge is -2.06. The molecule has 0 amide bonds. The molecule has 4 heteroatoms. The van der Waals surface area contributed by atoms with E-state index in [2.05, 4.69) is 0 Å². The van der Waals surface area contributed by atoms with Crippen LogP contribution in [0.4, 0.5) is 13.2 Å². The number of rotatable bonds is 5. The maximum Gasteiger partial charge on any atom is 0.200 e. The van der Waals surface area contributed by atoms with Gasteiger partial charge in [0.1, 0.15) is 0 Å². The number of halogens is 3. The van der Waals surface area contributed by atoms with Crippen LogP contribution in [0.5, 0.6) is 5.75 Å². The second kappa shape index (κ2) is 5.52. The number of alkyl halides is 1. The van der Waals surface area contributed by atoms with Crippen molar-refractivity contribution in [2.24, 2.45) is 0 Å². The summed E-state index contributed by atoms with van der Waals surface area (Å²) in [6.45, 7) is -0.223. The van der Waals surface area contributed by atoms with Crippen LogP contribution in [0.25, 0.3) is 0 Å². The first kappa shape index (κ1) is 10.9. The van der Waals surface area contributed by atoms with E-state index in [4.69, 9.17) is 4.74 Å². The van der Waals surface area contributed by atoms with Gasteiger partial charge in [-0.3, -0.25) is 4.39 Å². The van der Waals surface area contributed by atoms with Crippen LogP contribution >= 0.6 is 0 Å². The molecule has 0 radical (unpaired) electrons. The lowest BCUT2D eigenvalue weighted by atomic mass is 10.3. The predicted molar refractivity (Wildman–Crippen MR) is 47.1 cm³/mol. The largest absolute Gasteiger partial charge is 0.490 e. The minimum Gasteiger partial charge on any atom is -0.490 e. The molecule has 78 valence electrons. The molecule has 0 atom stereocenters. The zero-order valence-electron chi connectivity index (χ0n) is 7.60. The number of benzene rings is 1. The van der Waals surface area contributed by atoms with Crippen LogP contribution in [-0.2, 0) is 0 Å². The van der Waals surface area contributed by atoms with Crippen molar-refractivity contribution in [1.82, 2.24) is 0 Å². The Hall–Kier alpha value is -1.19. The van der Waals surface area contributed by atoms with Crippen LogP contribution in [-0.4, -0.2) is 13.3 Å². The summed E-state index contributed by atoms with van der Waals surface area (Å²) >= 11 is 0. The van der Waals surface area contributed by atoms with E-state index in [1.165, 1.54) is 12.1 Å². The van der Waals surface area contributed by atoms with Crippen molar-refractivity contribution < 1.29 is 17.9 Å². The minimum absolute atomic E-state index is 0.121. The van der Waals surface area contributed by atoms with Crippen molar-refractivity contribution in [3.05, 3.63) is 29.8 Å². The van der Waals surface area contributed by atoms with Crippen LogP contribution in [0.1, 0.15) is 12.8 Å². The first-order chi connectivity index (χ1) is 6.75. The van der Waals surface area contributed by atoms with Gasteiger partial charge in [-0.2, -0.15) is 4.39 Å². The molecule has 0 aliphatic rings. The summed E-state index contributed by atoms with van der Waals surface area (Å²) in [5.74, 6) is -2.05. The summed E-state index contributed by atoms with van der Waals surface area (Å²) in [6, 6.07) is 3.72. The van der Waals surface area contributed by atoms with Crippen LogP contribution < -0.4 is 4.74 Å². The zero-order valence-corrected chi connectivity index (χ0v) is 7.60. The van der Waals surface area contributed by atoms with Crippen molar-refractivity contribution in [3.8, 4) is 5.75 Å². The third-order valence-electron chi connectivity index (χ3n) is 1.70. The van der Waals surface area contributed by atoms with Gasteiger partial charge in [0.2, 0.25) is 5.82 Å². The van der Waals surface area contributed by atoms with Gasteiger partial charge in [-0.15, -0.1) is 0 Å². The fourth-order valence-corrected chi connectivity index (χ4v) is 0.974. The second-order valence-electron chi connectivity index (χ2n) is 2.80. The van der Waals surface area contributed by atoms with Gasteiger partial charge in [-0.1, -0.05) is 6.07 Å². The lowest BCUT2D eigenvalue weighted by Crippen LogP contribution is -2.00. The van der Waals surface area contributed by atoms with Gasteiger partial charge in [0, 0.05) is 0 Å². The molecule has 0 bridgehead atoms. The lowest BCUT2D eigenvalue weighted by molar-refractivity contribution is 0.280. The quantitative estimate of drug-likeness (QED) is 0.669. The summed E-state index contributed by atoms with van der Waals surface area (Å²) in [5, 5.41) is 0. The van der Waals surface area contributed by atoms with Gasteiger partial charge >= 0.3 is 0 Å². The van der Waals surface area contributed by atoms with Crippen LogP contribution in [0.15, 0.2) is 18.2 Å². The summed E-state index contributed by atoms with van der Waals surface area (Å²) < 4.78 is 42.2. The maximum atomic E-state index is 12.9. The Morgan fingerprint density at radius 2 is 1.93 bits per heavy atom. The Labute approximate surface area is 80.5 Å². The summed E-state index contributed by atoms with van der Waals surface area (Å²) in [4.78, 5) is 0. The average molecular weight is 204 g/mol. The molecule has 1 nitrogen and oxygen atoms in total. The molecule has 0 heterocycles. The Kier molecular flexibility index (Phi) is 4.29. The summed E-state index contributed by atoms with van der Waals surface area (Å²) in [6.07, 6.45) is 0.864. The summed E-state index contributed by atoms with van der Waals surface area (Å²) in [7, 11) is 0. The molecule has 0 aliphatic carbocycles. The van der Waals surface area contributed by atoms with Crippen LogP contribution in [0.2, 0.25) is 0 Å². The molecular weight excluding hydrogens is 193 g/mol. The predicted octanol–water partition coefficient (Wildman–Crippen LogP) is 3.09. The highest BCUT2D eigenvalue weighted by Gasteiger charge is 2.07. The van der Waals surface area contributed by atoms with Gasteiger partial charge in [0.05, 0.1) is 13.3 Å². The van der Waals surface area contributed by atoms with E-state index in [1.54, 1.807) is 0 Å². The van der Waals surface area contributed by atoms with Gasteiger partial charge in [-0.25, -0.2) is 4.39 Å². The van der Waals surface area contributed by atoms with Gasteiger partial charge in [0.15, 0.2) is 11.6 Å². The number of hydrogen-bond donors (Lipinski definition) is 0. The van der Waals surface area contributed by atoms with E-state index in [1.807, 2.05) is 0 Å². The molecule has 1 aromatic rings. The summed E-state index contributed by atoms with van der Waals surface area (Å²) in [5.41, 5.74) is 0. The Balaban J connectivity index is 2.46. The van der Waals surface area contributed by atoms with E-state index in [0.29, 0.717) is 12.8 Å². The first-order valence-electron chi connectivity index (χ1n) is 4.38. The topological polar surface area (TPSA) is 9.23 Å². The standard InChI is InChI=1S/C10H11F3O/c11-6-1-2-7-14-9-5-3-4-8(12)10(9)13/h3-5H,1-2,6-7H2. The van der Waals surface area contributed by atoms with Gasteiger partial charge < -0.3 is 4.74 Å². The Morgan fingerprint density at radius 3 is 2.64 bits per heavy atom.